The van der Waals surface area contributed by atoms with Crippen molar-refractivity contribution in [3.8, 4) is 0 Å². The van der Waals surface area contributed by atoms with Gasteiger partial charge in [0.15, 0.2) is 6.20 Å². The van der Waals surface area contributed by atoms with Crippen LogP contribution in [0.1, 0.15) is 6.42 Å². The molecule has 0 aliphatic carbocycles. The van der Waals surface area contributed by atoms with Gasteiger partial charge < -0.3 is 20.3 Å². The Morgan fingerprint density at radius 3 is 2.94 bits per heavy atom. The zero-order valence-electron chi connectivity index (χ0n) is 9.37. The van der Waals surface area contributed by atoms with Crippen molar-refractivity contribution in [3.63, 3.8) is 0 Å². The number of nitro groups is 1. The molecular weight excluding hydrogens is 220 g/mol. The van der Waals surface area contributed by atoms with Gasteiger partial charge in [-0.2, -0.15) is 0 Å². The van der Waals surface area contributed by atoms with Gasteiger partial charge >= 0.3 is 5.82 Å². The number of fused-ring (bicyclic) bond motifs is 1. The lowest BCUT2D eigenvalue weighted by atomic mass is 9.85. The zero-order chi connectivity index (χ0) is 11.8. The third kappa shape index (κ3) is 1.84. The first-order valence-corrected chi connectivity index (χ1v) is 5.83. The van der Waals surface area contributed by atoms with Gasteiger partial charge in [-0.15, -0.1) is 0 Å². The van der Waals surface area contributed by atoms with Gasteiger partial charge in [0.2, 0.25) is 0 Å². The lowest BCUT2D eigenvalue weighted by Gasteiger charge is -2.46. The SMILES string of the molecule is O=[N+]([O-])c1ccc(N2CC[C@H]3CN[C@H]3C2)cn1. The Morgan fingerprint density at radius 1 is 1.53 bits per heavy atom. The van der Waals surface area contributed by atoms with Crippen molar-refractivity contribution < 1.29 is 4.92 Å². The van der Waals surface area contributed by atoms with Crippen molar-refractivity contribution in [3.05, 3.63) is 28.4 Å². The van der Waals surface area contributed by atoms with Crippen LogP contribution in [0.15, 0.2) is 18.3 Å². The summed E-state index contributed by atoms with van der Waals surface area (Å²) < 4.78 is 0. The molecule has 0 saturated carbocycles. The lowest BCUT2D eigenvalue weighted by molar-refractivity contribution is -0.389. The van der Waals surface area contributed by atoms with Crippen LogP contribution in [0.4, 0.5) is 11.5 Å². The minimum atomic E-state index is -0.469. The molecule has 3 rings (SSSR count). The second-order valence-corrected chi connectivity index (χ2v) is 4.64. The molecule has 2 fully saturated rings. The minimum Gasteiger partial charge on any atom is -0.367 e. The Morgan fingerprint density at radius 2 is 2.41 bits per heavy atom. The van der Waals surface area contributed by atoms with Crippen LogP contribution in [0.5, 0.6) is 0 Å². The van der Waals surface area contributed by atoms with E-state index in [2.05, 4.69) is 15.2 Å². The average molecular weight is 234 g/mol. The van der Waals surface area contributed by atoms with Gasteiger partial charge in [-0.05, 0) is 34.9 Å². The zero-order valence-corrected chi connectivity index (χ0v) is 9.37. The van der Waals surface area contributed by atoms with Crippen molar-refractivity contribution in [1.82, 2.24) is 10.3 Å². The van der Waals surface area contributed by atoms with Crippen molar-refractivity contribution in [2.75, 3.05) is 24.5 Å². The maximum atomic E-state index is 10.5. The lowest BCUT2D eigenvalue weighted by Crippen LogP contribution is -2.62. The van der Waals surface area contributed by atoms with Crippen molar-refractivity contribution >= 4 is 11.5 Å². The summed E-state index contributed by atoms with van der Waals surface area (Å²) in [7, 11) is 0. The molecule has 6 heteroatoms. The molecule has 2 saturated heterocycles. The highest BCUT2D eigenvalue weighted by molar-refractivity contribution is 5.47. The van der Waals surface area contributed by atoms with Crippen LogP contribution in [-0.4, -0.2) is 35.6 Å². The van der Waals surface area contributed by atoms with E-state index in [1.54, 1.807) is 12.3 Å². The van der Waals surface area contributed by atoms with Crippen molar-refractivity contribution in [2.24, 2.45) is 5.92 Å². The van der Waals surface area contributed by atoms with Crippen LogP contribution in [0.3, 0.4) is 0 Å². The smallest absolute Gasteiger partial charge is 0.363 e. The number of hydrogen-bond acceptors (Lipinski definition) is 5. The van der Waals surface area contributed by atoms with Gasteiger partial charge in [0.25, 0.3) is 0 Å². The Labute approximate surface area is 98.8 Å². The maximum Gasteiger partial charge on any atom is 0.363 e. The molecule has 2 atom stereocenters. The van der Waals surface area contributed by atoms with Crippen LogP contribution in [0.25, 0.3) is 0 Å². The summed E-state index contributed by atoms with van der Waals surface area (Å²) in [5, 5.41) is 13.9. The van der Waals surface area contributed by atoms with Gasteiger partial charge in [0, 0.05) is 25.2 Å². The Bertz CT molecular complexity index is 434. The van der Waals surface area contributed by atoms with E-state index in [1.807, 2.05) is 0 Å². The number of pyridine rings is 1. The number of nitrogens with zero attached hydrogens (tertiary/aromatic N) is 3. The average Bonchev–Trinajstić information content (AvgIpc) is 2.31. The van der Waals surface area contributed by atoms with Gasteiger partial charge in [-0.1, -0.05) is 0 Å². The van der Waals surface area contributed by atoms with E-state index in [1.165, 1.54) is 12.5 Å². The second kappa shape index (κ2) is 3.96. The quantitative estimate of drug-likeness (QED) is 0.605. The second-order valence-electron chi connectivity index (χ2n) is 4.64. The number of piperidine rings is 1. The van der Waals surface area contributed by atoms with Gasteiger partial charge in [0.05, 0.1) is 5.69 Å². The summed E-state index contributed by atoms with van der Waals surface area (Å²) in [4.78, 5) is 16.1. The molecule has 6 nitrogen and oxygen atoms in total. The molecule has 2 aliphatic rings. The number of anilines is 1. The van der Waals surface area contributed by atoms with E-state index in [9.17, 15) is 10.1 Å². The summed E-state index contributed by atoms with van der Waals surface area (Å²) in [6.07, 6.45) is 2.78. The number of nitrogens with one attached hydrogen (secondary N) is 1. The molecule has 0 aromatic carbocycles. The monoisotopic (exact) mass is 234 g/mol. The predicted molar refractivity (Wildman–Crippen MR) is 63.0 cm³/mol. The minimum absolute atomic E-state index is 0.0922. The van der Waals surface area contributed by atoms with Crippen LogP contribution >= 0.6 is 0 Å². The van der Waals surface area contributed by atoms with Crippen LogP contribution in [0.2, 0.25) is 0 Å². The highest BCUT2D eigenvalue weighted by atomic mass is 16.6. The maximum absolute atomic E-state index is 10.5. The Hall–Kier alpha value is -1.69. The predicted octanol–water partition coefficient (Wildman–Crippen LogP) is 0.788. The molecule has 0 unspecified atom stereocenters. The van der Waals surface area contributed by atoms with Crippen molar-refractivity contribution in [1.29, 1.82) is 0 Å². The van der Waals surface area contributed by atoms with Crippen LogP contribution in [0, 0.1) is 16.0 Å². The van der Waals surface area contributed by atoms with E-state index < -0.39 is 4.92 Å². The molecule has 1 aromatic heterocycles. The van der Waals surface area contributed by atoms with Crippen LogP contribution < -0.4 is 10.2 Å². The van der Waals surface area contributed by atoms with E-state index in [0.29, 0.717) is 6.04 Å². The fraction of sp³-hybridized carbons (Fsp3) is 0.545. The third-order valence-electron chi connectivity index (χ3n) is 3.68. The van der Waals surface area contributed by atoms with E-state index in [0.717, 1.165) is 31.2 Å². The number of hydrogen-bond donors (Lipinski definition) is 1. The molecule has 1 aromatic rings. The third-order valence-corrected chi connectivity index (χ3v) is 3.68. The fourth-order valence-corrected chi connectivity index (χ4v) is 2.53. The first kappa shape index (κ1) is 10.5. The van der Waals surface area contributed by atoms with Gasteiger partial charge in [0.1, 0.15) is 0 Å². The largest absolute Gasteiger partial charge is 0.367 e. The molecule has 0 spiro atoms. The summed E-state index contributed by atoms with van der Waals surface area (Å²) >= 11 is 0. The molecule has 17 heavy (non-hydrogen) atoms. The van der Waals surface area contributed by atoms with E-state index in [4.69, 9.17) is 0 Å². The summed E-state index contributed by atoms with van der Waals surface area (Å²) in [6, 6.07) is 3.83. The standard InChI is InChI=1S/C11H14N4O2/c16-15(17)11-2-1-9(6-13-11)14-4-3-8-5-12-10(8)7-14/h1-2,6,8,10,12H,3-5,7H2/t8-,10-/m0/s1. The molecule has 3 heterocycles. The molecule has 0 amide bonds. The molecule has 1 N–H and O–H groups in total. The summed E-state index contributed by atoms with van der Waals surface area (Å²) in [5.74, 6) is 0.725. The molecule has 2 aliphatic heterocycles. The first-order valence-electron chi connectivity index (χ1n) is 5.83. The topological polar surface area (TPSA) is 71.3 Å². The molecular formula is C11H14N4O2. The van der Waals surface area contributed by atoms with Crippen molar-refractivity contribution in [2.45, 2.75) is 12.5 Å². The summed E-state index contributed by atoms with van der Waals surface area (Å²) in [6.45, 7) is 3.13. The Kier molecular flexibility index (Phi) is 2.44. The first-order chi connectivity index (χ1) is 8.24. The summed E-state index contributed by atoms with van der Waals surface area (Å²) in [5.41, 5.74) is 0.975. The van der Waals surface area contributed by atoms with E-state index in [-0.39, 0.29) is 5.82 Å². The molecule has 0 bridgehead atoms. The molecule has 90 valence electrons. The van der Waals surface area contributed by atoms with Gasteiger partial charge in [-0.3, -0.25) is 0 Å². The van der Waals surface area contributed by atoms with Crippen LogP contribution in [-0.2, 0) is 0 Å². The molecule has 0 radical (unpaired) electrons. The normalized spacial score (nSPS) is 27.2. The highest BCUT2D eigenvalue weighted by Gasteiger charge is 2.35. The highest BCUT2D eigenvalue weighted by Crippen LogP contribution is 2.27. The Balaban J connectivity index is 1.73. The fourth-order valence-electron chi connectivity index (χ4n) is 2.53. The number of aromatic nitrogens is 1. The van der Waals surface area contributed by atoms with Gasteiger partial charge in [-0.25, -0.2) is 0 Å². The number of rotatable bonds is 2. The van der Waals surface area contributed by atoms with E-state index >= 15 is 0 Å².